The van der Waals surface area contributed by atoms with Crippen molar-refractivity contribution in [1.82, 2.24) is 9.88 Å². The number of anilines is 1. The Hall–Kier alpha value is -2.88. The van der Waals surface area contributed by atoms with Gasteiger partial charge in [-0.05, 0) is 44.5 Å². The number of hydrogen-bond acceptors (Lipinski definition) is 8. The first-order chi connectivity index (χ1) is 17.1. The zero-order chi connectivity index (χ0) is 24.2. The van der Waals surface area contributed by atoms with Crippen LogP contribution in [0.1, 0.15) is 20.3 Å². The number of aromatic nitrogens is 1. The van der Waals surface area contributed by atoms with E-state index in [0.29, 0.717) is 29.8 Å². The molecule has 2 aromatic carbocycles. The van der Waals surface area contributed by atoms with Gasteiger partial charge in [-0.25, -0.2) is 4.98 Å². The van der Waals surface area contributed by atoms with Crippen LogP contribution in [0.2, 0.25) is 0 Å². The molecule has 186 valence electrons. The van der Waals surface area contributed by atoms with Crippen molar-refractivity contribution >= 4 is 32.6 Å². The molecular weight excluding hydrogens is 466 g/mol. The highest BCUT2D eigenvalue weighted by molar-refractivity contribution is 7.22. The highest BCUT2D eigenvalue weighted by Crippen LogP contribution is 2.37. The average molecular weight is 498 g/mol. The normalized spacial score (nSPS) is 20.1. The molecule has 2 unspecified atom stereocenters. The summed E-state index contributed by atoms with van der Waals surface area (Å²) >= 11 is 1.49. The molecule has 2 aliphatic rings. The van der Waals surface area contributed by atoms with Crippen LogP contribution in [-0.2, 0) is 9.53 Å². The molecule has 0 bridgehead atoms. The summed E-state index contributed by atoms with van der Waals surface area (Å²) in [5.74, 6) is 1.82. The molecule has 1 fully saturated rings. The van der Waals surface area contributed by atoms with Gasteiger partial charge in [0.25, 0.3) is 5.91 Å². The first-order valence-electron chi connectivity index (χ1n) is 12.2. The molecule has 3 aromatic rings. The second-order valence-corrected chi connectivity index (χ2v) is 9.65. The van der Waals surface area contributed by atoms with E-state index in [1.165, 1.54) is 11.3 Å². The lowest BCUT2D eigenvalue weighted by atomic mass is 10.1. The smallest absolute Gasteiger partial charge is 0.273 e. The van der Waals surface area contributed by atoms with E-state index in [9.17, 15) is 4.79 Å². The molecule has 1 amide bonds. The van der Waals surface area contributed by atoms with Crippen molar-refractivity contribution in [2.24, 2.45) is 0 Å². The van der Waals surface area contributed by atoms with Crippen molar-refractivity contribution in [3.63, 3.8) is 0 Å². The Morgan fingerprint density at radius 2 is 1.91 bits per heavy atom. The maximum absolute atomic E-state index is 13.9. The largest absolute Gasteiger partial charge is 0.492 e. The first-order valence-corrected chi connectivity index (χ1v) is 13.0. The lowest BCUT2D eigenvalue weighted by Crippen LogP contribution is -2.51. The van der Waals surface area contributed by atoms with E-state index in [4.69, 9.17) is 23.9 Å². The molecule has 2 atom stereocenters. The van der Waals surface area contributed by atoms with E-state index in [2.05, 4.69) is 4.90 Å². The van der Waals surface area contributed by atoms with Crippen LogP contribution in [0.15, 0.2) is 42.5 Å². The number of benzene rings is 2. The van der Waals surface area contributed by atoms with Gasteiger partial charge in [0.1, 0.15) is 17.4 Å². The molecule has 1 saturated heterocycles. The molecule has 9 heteroatoms. The summed E-state index contributed by atoms with van der Waals surface area (Å²) < 4.78 is 24.4. The molecule has 2 aliphatic heterocycles. The van der Waals surface area contributed by atoms with Gasteiger partial charge >= 0.3 is 0 Å². The lowest BCUT2D eigenvalue weighted by molar-refractivity contribution is -0.130. The van der Waals surface area contributed by atoms with Crippen molar-refractivity contribution in [3.05, 3.63) is 42.5 Å². The minimum Gasteiger partial charge on any atom is -0.492 e. The highest BCUT2D eigenvalue weighted by Gasteiger charge is 2.38. The zero-order valence-corrected chi connectivity index (χ0v) is 21.0. The van der Waals surface area contributed by atoms with Gasteiger partial charge in [-0.15, -0.1) is 0 Å². The van der Waals surface area contributed by atoms with Crippen LogP contribution in [-0.4, -0.2) is 74.0 Å². The number of carbonyl (C=O) groups excluding carboxylic acids is 1. The van der Waals surface area contributed by atoms with Crippen molar-refractivity contribution < 1.29 is 23.7 Å². The minimum atomic E-state index is -0.758. The molecule has 0 N–H and O–H groups in total. The van der Waals surface area contributed by atoms with Gasteiger partial charge in [0.2, 0.25) is 6.10 Å². The summed E-state index contributed by atoms with van der Waals surface area (Å²) in [6.07, 6.45) is -0.363. The van der Waals surface area contributed by atoms with Crippen LogP contribution in [0.4, 0.5) is 5.13 Å². The number of morpholine rings is 1. The number of ether oxygens (including phenoxy) is 4. The summed E-state index contributed by atoms with van der Waals surface area (Å²) in [5, 5.41) is 0.647. The third-order valence-electron chi connectivity index (χ3n) is 6.21. The van der Waals surface area contributed by atoms with Crippen LogP contribution in [0.3, 0.4) is 0 Å². The van der Waals surface area contributed by atoms with E-state index in [-0.39, 0.29) is 5.91 Å². The number of hydrogen-bond donors (Lipinski definition) is 0. The third-order valence-corrected chi connectivity index (χ3v) is 7.26. The number of carbonyl (C=O) groups is 1. The van der Waals surface area contributed by atoms with Gasteiger partial charge in [-0.3, -0.25) is 14.6 Å². The Balaban J connectivity index is 1.41. The molecular formula is C26H31N3O5S. The van der Waals surface area contributed by atoms with E-state index >= 15 is 0 Å². The van der Waals surface area contributed by atoms with Crippen LogP contribution in [0.25, 0.3) is 10.2 Å². The van der Waals surface area contributed by atoms with Gasteiger partial charge in [0.05, 0.1) is 24.5 Å². The fourth-order valence-corrected chi connectivity index (χ4v) is 5.44. The number of nitrogens with zero attached hydrogens (tertiary/aromatic N) is 3. The second kappa shape index (κ2) is 10.8. The van der Waals surface area contributed by atoms with Crippen molar-refractivity contribution in [3.8, 4) is 17.2 Å². The Bertz CT molecular complexity index is 1160. The molecule has 0 saturated carbocycles. The van der Waals surface area contributed by atoms with E-state index in [0.717, 1.165) is 55.2 Å². The average Bonchev–Trinajstić information content (AvgIpc) is 3.31. The Labute approximate surface area is 209 Å². The van der Waals surface area contributed by atoms with Crippen molar-refractivity contribution in [2.75, 3.05) is 50.9 Å². The fourth-order valence-electron chi connectivity index (χ4n) is 4.42. The van der Waals surface area contributed by atoms with E-state index in [1.54, 1.807) is 4.90 Å². The van der Waals surface area contributed by atoms with E-state index < -0.39 is 12.2 Å². The topological polar surface area (TPSA) is 73.4 Å². The Kier molecular flexibility index (Phi) is 7.36. The molecule has 3 heterocycles. The number of para-hydroxylation sites is 3. The summed E-state index contributed by atoms with van der Waals surface area (Å²) in [6.45, 7) is 9.15. The zero-order valence-electron chi connectivity index (χ0n) is 20.1. The SMILES string of the molecule is CCOc1cccc2sc(N(CCCN3CCOCC3)C(=O)C3Oc4ccccc4OC3C)nc12. The molecule has 1 aromatic heterocycles. The van der Waals surface area contributed by atoms with Gasteiger partial charge in [-0.2, -0.15) is 0 Å². The summed E-state index contributed by atoms with van der Waals surface area (Å²) in [7, 11) is 0. The van der Waals surface area contributed by atoms with Crippen LogP contribution in [0.5, 0.6) is 17.2 Å². The lowest BCUT2D eigenvalue weighted by Gasteiger charge is -2.34. The number of thiazole rings is 1. The van der Waals surface area contributed by atoms with Gasteiger partial charge < -0.3 is 18.9 Å². The second-order valence-electron chi connectivity index (χ2n) is 8.64. The Morgan fingerprint density at radius 1 is 1.14 bits per heavy atom. The number of fused-ring (bicyclic) bond motifs is 2. The first kappa shape index (κ1) is 23.8. The van der Waals surface area contributed by atoms with Crippen LogP contribution in [0, 0.1) is 0 Å². The predicted octanol–water partition coefficient (Wildman–Crippen LogP) is 3.98. The maximum atomic E-state index is 13.9. The van der Waals surface area contributed by atoms with Crippen LogP contribution >= 0.6 is 11.3 Å². The Morgan fingerprint density at radius 3 is 2.69 bits per heavy atom. The fraction of sp³-hybridized carbons (Fsp3) is 0.462. The van der Waals surface area contributed by atoms with Gasteiger partial charge in [0.15, 0.2) is 16.6 Å². The maximum Gasteiger partial charge on any atom is 0.273 e. The summed E-state index contributed by atoms with van der Waals surface area (Å²) in [6, 6.07) is 13.3. The van der Waals surface area contributed by atoms with Gasteiger partial charge in [0, 0.05) is 26.2 Å². The molecule has 0 spiro atoms. The van der Waals surface area contributed by atoms with E-state index in [1.807, 2.05) is 56.3 Å². The molecule has 0 aliphatic carbocycles. The summed E-state index contributed by atoms with van der Waals surface area (Å²) in [5.41, 5.74) is 0.777. The van der Waals surface area contributed by atoms with Crippen molar-refractivity contribution in [1.29, 1.82) is 0 Å². The van der Waals surface area contributed by atoms with Crippen molar-refractivity contribution in [2.45, 2.75) is 32.5 Å². The summed E-state index contributed by atoms with van der Waals surface area (Å²) in [4.78, 5) is 22.9. The third kappa shape index (κ3) is 5.22. The molecule has 0 radical (unpaired) electrons. The predicted molar refractivity (Wildman–Crippen MR) is 136 cm³/mol. The highest BCUT2D eigenvalue weighted by atomic mass is 32.1. The monoisotopic (exact) mass is 497 g/mol. The van der Waals surface area contributed by atoms with Crippen LogP contribution < -0.4 is 19.1 Å². The molecule has 35 heavy (non-hydrogen) atoms. The standard InChI is InChI=1S/C26H31N3O5S/c1-3-32-21-10-6-11-22-23(21)27-26(35-22)29(13-7-12-28-14-16-31-17-15-28)25(30)24-18(2)33-19-8-4-5-9-20(19)34-24/h4-6,8-11,18,24H,3,7,12-17H2,1-2H3. The minimum absolute atomic E-state index is 0.147. The number of amides is 1. The number of rotatable bonds is 8. The molecule has 8 nitrogen and oxygen atoms in total. The van der Waals surface area contributed by atoms with Gasteiger partial charge in [-0.1, -0.05) is 29.5 Å². The quantitative estimate of drug-likeness (QED) is 0.466. The molecule has 5 rings (SSSR count).